The molecule has 0 saturated carbocycles. The highest BCUT2D eigenvalue weighted by Gasteiger charge is 2.21. The van der Waals surface area contributed by atoms with E-state index in [1.807, 2.05) is 52.8 Å². The molecular weight excluding hydrogens is 334 g/mol. The highest BCUT2D eigenvalue weighted by atomic mass is 32.1. The molecule has 0 spiro atoms. The van der Waals surface area contributed by atoms with Gasteiger partial charge in [0.15, 0.2) is 0 Å². The van der Waals surface area contributed by atoms with E-state index in [1.165, 1.54) is 17.7 Å². The number of benzene rings is 1. The lowest BCUT2D eigenvalue weighted by Crippen LogP contribution is -2.22. The van der Waals surface area contributed by atoms with Gasteiger partial charge in [0.25, 0.3) is 11.5 Å². The molecule has 2 heterocycles. The van der Waals surface area contributed by atoms with Crippen molar-refractivity contribution in [1.82, 2.24) is 9.55 Å². The molecule has 0 aliphatic heterocycles. The number of aryl methyl sites for hydroxylation is 3. The first-order chi connectivity index (χ1) is 11.8. The normalized spacial score (nSPS) is 11.3. The van der Waals surface area contributed by atoms with Gasteiger partial charge in [-0.25, -0.2) is 4.98 Å². The maximum Gasteiger partial charge on any atom is 0.271 e. The number of aromatic nitrogens is 2. The first-order valence-corrected chi connectivity index (χ1v) is 9.00. The Morgan fingerprint density at radius 1 is 1.24 bits per heavy atom. The van der Waals surface area contributed by atoms with Gasteiger partial charge in [0.1, 0.15) is 10.2 Å². The van der Waals surface area contributed by atoms with Gasteiger partial charge in [-0.05, 0) is 46.2 Å². The number of nitrogens with one attached hydrogen (secondary N) is 1. The zero-order chi connectivity index (χ0) is 18.3. The zero-order valence-electron chi connectivity index (χ0n) is 15.0. The predicted molar refractivity (Wildman–Crippen MR) is 103 cm³/mol. The first kappa shape index (κ1) is 17.4. The summed E-state index contributed by atoms with van der Waals surface area (Å²) in [7, 11) is 0. The Bertz CT molecular complexity index is 1030. The lowest BCUT2D eigenvalue weighted by Gasteiger charge is -2.10. The van der Waals surface area contributed by atoms with E-state index in [-0.39, 0.29) is 17.5 Å². The Hall–Kier alpha value is -2.47. The van der Waals surface area contributed by atoms with Crippen LogP contribution in [-0.4, -0.2) is 15.5 Å². The van der Waals surface area contributed by atoms with Gasteiger partial charge in [0, 0.05) is 16.6 Å². The molecule has 0 atom stereocenters. The number of anilines is 1. The van der Waals surface area contributed by atoms with Crippen molar-refractivity contribution in [3.05, 3.63) is 56.4 Å². The van der Waals surface area contributed by atoms with Crippen LogP contribution in [0.4, 0.5) is 5.69 Å². The summed E-state index contributed by atoms with van der Waals surface area (Å²) in [6.07, 6.45) is 1.52. The van der Waals surface area contributed by atoms with E-state index in [9.17, 15) is 9.59 Å². The van der Waals surface area contributed by atoms with Crippen LogP contribution >= 0.6 is 11.3 Å². The third-order valence-corrected chi connectivity index (χ3v) is 5.30. The summed E-state index contributed by atoms with van der Waals surface area (Å²) in [4.78, 5) is 30.6. The highest BCUT2D eigenvalue weighted by Crippen LogP contribution is 2.28. The summed E-state index contributed by atoms with van der Waals surface area (Å²) >= 11 is 1.33. The Morgan fingerprint density at radius 2 is 1.96 bits per heavy atom. The number of nitrogens with zero attached hydrogens (tertiary/aromatic N) is 2. The third-order valence-electron chi connectivity index (χ3n) is 4.21. The van der Waals surface area contributed by atoms with Crippen LogP contribution in [0.15, 0.2) is 29.3 Å². The summed E-state index contributed by atoms with van der Waals surface area (Å²) in [6, 6.07) is 5.90. The number of thiophene rings is 1. The SMILES string of the molecule is Cc1ccc(NC(=O)c2c(C)sc3c(=O)n(C(C)C)cnc23)c(C)c1. The van der Waals surface area contributed by atoms with Crippen LogP contribution in [0.3, 0.4) is 0 Å². The van der Waals surface area contributed by atoms with E-state index in [0.29, 0.717) is 15.8 Å². The van der Waals surface area contributed by atoms with Gasteiger partial charge in [-0.3, -0.25) is 14.2 Å². The largest absolute Gasteiger partial charge is 0.322 e. The Morgan fingerprint density at radius 3 is 2.60 bits per heavy atom. The van der Waals surface area contributed by atoms with Gasteiger partial charge >= 0.3 is 0 Å². The minimum absolute atomic E-state index is 0.0271. The molecule has 3 rings (SSSR count). The zero-order valence-corrected chi connectivity index (χ0v) is 15.8. The molecule has 0 radical (unpaired) electrons. The molecule has 0 fully saturated rings. The minimum atomic E-state index is -0.232. The number of hydrogen-bond donors (Lipinski definition) is 1. The number of carbonyl (C=O) groups is 1. The fraction of sp³-hybridized carbons (Fsp3) is 0.316. The second-order valence-electron chi connectivity index (χ2n) is 6.53. The van der Waals surface area contributed by atoms with Gasteiger partial charge in [-0.1, -0.05) is 17.7 Å². The first-order valence-electron chi connectivity index (χ1n) is 8.18. The van der Waals surface area contributed by atoms with E-state index in [0.717, 1.165) is 21.7 Å². The fourth-order valence-electron chi connectivity index (χ4n) is 2.86. The van der Waals surface area contributed by atoms with E-state index in [2.05, 4.69) is 10.3 Å². The van der Waals surface area contributed by atoms with Crippen LogP contribution in [0.1, 0.15) is 46.3 Å². The van der Waals surface area contributed by atoms with Crippen molar-refractivity contribution in [1.29, 1.82) is 0 Å². The Balaban J connectivity index is 2.06. The van der Waals surface area contributed by atoms with Crippen LogP contribution in [0.2, 0.25) is 0 Å². The molecule has 25 heavy (non-hydrogen) atoms. The van der Waals surface area contributed by atoms with Crippen molar-refractivity contribution in [2.24, 2.45) is 0 Å². The summed E-state index contributed by atoms with van der Waals surface area (Å²) < 4.78 is 2.11. The maximum absolute atomic E-state index is 12.8. The van der Waals surface area contributed by atoms with Crippen LogP contribution in [-0.2, 0) is 0 Å². The van der Waals surface area contributed by atoms with Crippen molar-refractivity contribution < 1.29 is 4.79 Å². The van der Waals surface area contributed by atoms with Crippen LogP contribution in [0, 0.1) is 20.8 Å². The molecule has 1 aromatic carbocycles. The smallest absolute Gasteiger partial charge is 0.271 e. The predicted octanol–water partition coefficient (Wildman–Crippen LogP) is 4.22. The van der Waals surface area contributed by atoms with Crippen molar-refractivity contribution in [3.8, 4) is 0 Å². The number of carbonyl (C=O) groups excluding carboxylic acids is 1. The second-order valence-corrected chi connectivity index (χ2v) is 7.76. The van der Waals surface area contributed by atoms with Gasteiger partial charge in [-0.15, -0.1) is 11.3 Å². The third kappa shape index (κ3) is 3.09. The molecule has 0 unspecified atom stereocenters. The molecule has 0 aliphatic rings. The topological polar surface area (TPSA) is 64.0 Å². The summed E-state index contributed by atoms with van der Waals surface area (Å²) in [5.74, 6) is -0.232. The molecule has 0 aliphatic carbocycles. The summed E-state index contributed by atoms with van der Waals surface area (Å²) in [6.45, 7) is 9.69. The maximum atomic E-state index is 12.8. The molecular formula is C19H21N3O2S. The molecule has 3 aromatic rings. The number of amides is 1. The molecule has 1 amide bonds. The average Bonchev–Trinajstić information content (AvgIpc) is 2.87. The van der Waals surface area contributed by atoms with Gasteiger partial charge in [-0.2, -0.15) is 0 Å². The molecule has 6 heteroatoms. The number of fused-ring (bicyclic) bond motifs is 1. The molecule has 0 bridgehead atoms. The lowest BCUT2D eigenvalue weighted by atomic mass is 10.1. The van der Waals surface area contributed by atoms with Crippen LogP contribution in [0.25, 0.3) is 10.2 Å². The number of hydrogen-bond acceptors (Lipinski definition) is 4. The van der Waals surface area contributed by atoms with Crippen molar-refractivity contribution in [2.75, 3.05) is 5.32 Å². The average molecular weight is 355 g/mol. The van der Waals surface area contributed by atoms with E-state index in [1.54, 1.807) is 4.57 Å². The molecule has 5 nitrogen and oxygen atoms in total. The van der Waals surface area contributed by atoms with Gasteiger partial charge in [0.2, 0.25) is 0 Å². The molecule has 130 valence electrons. The van der Waals surface area contributed by atoms with E-state index < -0.39 is 0 Å². The standard InChI is InChI=1S/C19H21N3O2S/c1-10(2)22-9-20-16-15(13(5)25-17(16)19(22)24)18(23)21-14-7-6-11(3)8-12(14)4/h6-10H,1-5H3,(H,21,23). The quantitative estimate of drug-likeness (QED) is 0.765. The van der Waals surface area contributed by atoms with E-state index in [4.69, 9.17) is 0 Å². The monoisotopic (exact) mass is 355 g/mol. The molecule has 2 aromatic heterocycles. The van der Waals surface area contributed by atoms with Crippen molar-refractivity contribution >= 4 is 33.1 Å². The van der Waals surface area contributed by atoms with Gasteiger partial charge in [0.05, 0.1) is 11.9 Å². The van der Waals surface area contributed by atoms with Crippen LogP contribution < -0.4 is 10.9 Å². The molecule has 0 saturated heterocycles. The number of rotatable bonds is 3. The summed E-state index contributed by atoms with van der Waals surface area (Å²) in [5.41, 5.74) is 3.77. The van der Waals surface area contributed by atoms with Crippen molar-refractivity contribution in [2.45, 2.75) is 40.7 Å². The van der Waals surface area contributed by atoms with E-state index >= 15 is 0 Å². The highest BCUT2D eigenvalue weighted by molar-refractivity contribution is 7.19. The summed E-state index contributed by atoms with van der Waals surface area (Å²) in [5, 5.41) is 2.95. The molecule has 1 N–H and O–H groups in total. The second kappa shape index (κ2) is 6.44. The van der Waals surface area contributed by atoms with Crippen molar-refractivity contribution in [3.63, 3.8) is 0 Å². The Kier molecular flexibility index (Phi) is 4.47. The fourth-order valence-corrected chi connectivity index (χ4v) is 3.91. The minimum Gasteiger partial charge on any atom is -0.322 e. The Labute approximate surface area is 150 Å². The van der Waals surface area contributed by atoms with Gasteiger partial charge < -0.3 is 5.32 Å². The van der Waals surface area contributed by atoms with Crippen LogP contribution in [0.5, 0.6) is 0 Å². The lowest BCUT2D eigenvalue weighted by molar-refractivity contribution is 0.102.